The number of benzene rings is 2. The summed E-state index contributed by atoms with van der Waals surface area (Å²) in [6.45, 7) is 3.92. The number of carbonyl (C=O) groups excluding carboxylic acids is 1. The van der Waals surface area contributed by atoms with Crippen LogP contribution >= 0.6 is 0 Å². The Morgan fingerprint density at radius 2 is 1.86 bits per heavy atom. The summed E-state index contributed by atoms with van der Waals surface area (Å²) >= 11 is 0. The van der Waals surface area contributed by atoms with E-state index in [2.05, 4.69) is 15.3 Å². The summed E-state index contributed by atoms with van der Waals surface area (Å²) < 4.78 is 0. The molecule has 1 amide bonds. The largest absolute Gasteiger partial charge is 0.342 e. The molecule has 0 bridgehead atoms. The van der Waals surface area contributed by atoms with Crippen LogP contribution in [0.3, 0.4) is 0 Å². The first kappa shape index (κ1) is 13.4. The molecule has 106 valence electrons. The highest BCUT2D eigenvalue weighted by molar-refractivity contribution is 5.94. The van der Waals surface area contributed by atoms with Crippen molar-refractivity contribution in [1.29, 1.82) is 0 Å². The van der Waals surface area contributed by atoms with E-state index in [-0.39, 0.29) is 11.9 Å². The van der Waals surface area contributed by atoms with Crippen LogP contribution in [0.15, 0.2) is 48.5 Å². The first-order valence-corrected chi connectivity index (χ1v) is 6.95. The van der Waals surface area contributed by atoms with Gasteiger partial charge in [-0.15, -0.1) is 0 Å². The first-order chi connectivity index (χ1) is 10.1. The van der Waals surface area contributed by atoms with E-state index in [1.54, 1.807) is 0 Å². The number of aryl methyl sites for hydroxylation is 1. The summed E-state index contributed by atoms with van der Waals surface area (Å²) in [7, 11) is 0. The van der Waals surface area contributed by atoms with Gasteiger partial charge in [-0.3, -0.25) is 4.79 Å². The molecule has 3 aromatic rings. The van der Waals surface area contributed by atoms with Crippen molar-refractivity contribution in [3.05, 3.63) is 65.5 Å². The molecule has 21 heavy (non-hydrogen) atoms. The van der Waals surface area contributed by atoms with Crippen LogP contribution in [0.4, 0.5) is 0 Å². The third-order valence-corrected chi connectivity index (χ3v) is 3.48. The van der Waals surface area contributed by atoms with Gasteiger partial charge < -0.3 is 10.3 Å². The second kappa shape index (κ2) is 5.40. The van der Waals surface area contributed by atoms with Crippen molar-refractivity contribution in [3.8, 4) is 0 Å². The highest BCUT2D eigenvalue weighted by Gasteiger charge is 2.14. The van der Waals surface area contributed by atoms with E-state index in [1.165, 1.54) is 0 Å². The van der Waals surface area contributed by atoms with E-state index >= 15 is 0 Å². The number of fused-ring (bicyclic) bond motifs is 1. The van der Waals surface area contributed by atoms with Crippen LogP contribution in [0, 0.1) is 6.92 Å². The number of hydrogen-bond acceptors (Lipinski definition) is 2. The van der Waals surface area contributed by atoms with Crippen LogP contribution in [0.5, 0.6) is 0 Å². The minimum absolute atomic E-state index is 0.0945. The summed E-state index contributed by atoms with van der Waals surface area (Å²) in [4.78, 5) is 19.9. The van der Waals surface area contributed by atoms with E-state index in [4.69, 9.17) is 0 Å². The van der Waals surface area contributed by atoms with Crippen molar-refractivity contribution < 1.29 is 4.79 Å². The molecule has 4 heteroatoms. The zero-order valence-corrected chi connectivity index (χ0v) is 12.1. The molecule has 2 aromatic carbocycles. The zero-order valence-electron chi connectivity index (χ0n) is 12.1. The molecule has 0 saturated heterocycles. The van der Waals surface area contributed by atoms with Crippen molar-refractivity contribution in [2.75, 3.05) is 0 Å². The van der Waals surface area contributed by atoms with Gasteiger partial charge in [-0.25, -0.2) is 4.98 Å². The quantitative estimate of drug-likeness (QED) is 0.772. The van der Waals surface area contributed by atoms with Gasteiger partial charge in [-0.2, -0.15) is 0 Å². The number of para-hydroxylation sites is 2. The molecule has 0 radical (unpaired) electrons. The average Bonchev–Trinajstić information content (AvgIpc) is 2.92. The van der Waals surface area contributed by atoms with E-state index in [0.717, 1.165) is 22.4 Å². The second-order valence-electron chi connectivity index (χ2n) is 5.20. The summed E-state index contributed by atoms with van der Waals surface area (Å²) in [6, 6.07) is 15.2. The third-order valence-electron chi connectivity index (χ3n) is 3.48. The Hall–Kier alpha value is -2.62. The van der Waals surface area contributed by atoms with Gasteiger partial charge in [0.1, 0.15) is 5.82 Å². The molecular formula is C17H17N3O. The molecule has 0 aliphatic rings. The average molecular weight is 279 g/mol. The van der Waals surface area contributed by atoms with Crippen LogP contribution in [-0.2, 0) is 0 Å². The monoisotopic (exact) mass is 279 g/mol. The molecule has 0 aliphatic heterocycles. The fourth-order valence-electron chi connectivity index (χ4n) is 2.23. The molecule has 0 spiro atoms. The molecule has 0 aliphatic carbocycles. The lowest BCUT2D eigenvalue weighted by atomic mass is 10.1. The van der Waals surface area contributed by atoms with Crippen LogP contribution in [0.2, 0.25) is 0 Å². The molecule has 1 heterocycles. The summed E-state index contributed by atoms with van der Waals surface area (Å²) in [5, 5.41) is 2.96. The van der Waals surface area contributed by atoms with Crippen molar-refractivity contribution in [2.24, 2.45) is 0 Å². The van der Waals surface area contributed by atoms with Gasteiger partial charge in [0.15, 0.2) is 0 Å². The SMILES string of the molecule is Cc1ccc(C(=O)N[C@@H](C)c2nc3ccccc3[nH]2)cc1. The van der Waals surface area contributed by atoms with Crippen molar-refractivity contribution >= 4 is 16.9 Å². The van der Waals surface area contributed by atoms with E-state index in [9.17, 15) is 4.79 Å². The number of hydrogen-bond donors (Lipinski definition) is 2. The van der Waals surface area contributed by atoms with E-state index in [1.807, 2.05) is 62.4 Å². The zero-order chi connectivity index (χ0) is 14.8. The van der Waals surface area contributed by atoms with Gasteiger partial charge in [0.2, 0.25) is 0 Å². The van der Waals surface area contributed by atoms with Gasteiger partial charge >= 0.3 is 0 Å². The maximum absolute atomic E-state index is 12.2. The molecule has 1 atom stereocenters. The molecule has 0 saturated carbocycles. The standard InChI is InChI=1S/C17H17N3O/c1-11-7-9-13(10-8-11)17(21)18-12(2)16-19-14-5-3-4-6-15(14)20-16/h3-10,12H,1-2H3,(H,18,21)(H,19,20)/t12-/m0/s1. The first-order valence-electron chi connectivity index (χ1n) is 6.95. The Morgan fingerprint density at radius 1 is 1.14 bits per heavy atom. The number of H-pyrrole nitrogens is 1. The Balaban J connectivity index is 1.77. The van der Waals surface area contributed by atoms with Crippen molar-refractivity contribution in [1.82, 2.24) is 15.3 Å². The summed E-state index contributed by atoms with van der Waals surface area (Å²) in [6.07, 6.45) is 0. The van der Waals surface area contributed by atoms with Gasteiger partial charge in [-0.05, 0) is 38.1 Å². The van der Waals surface area contributed by atoms with Crippen LogP contribution < -0.4 is 5.32 Å². The van der Waals surface area contributed by atoms with Crippen LogP contribution in [0.1, 0.15) is 34.7 Å². The summed E-state index contributed by atoms with van der Waals surface area (Å²) in [5.41, 5.74) is 3.67. The number of rotatable bonds is 3. The number of nitrogens with zero attached hydrogens (tertiary/aromatic N) is 1. The fourth-order valence-corrected chi connectivity index (χ4v) is 2.23. The maximum Gasteiger partial charge on any atom is 0.251 e. The van der Waals surface area contributed by atoms with E-state index in [0.29, 0.717) is 5.56 Å². The van der Waals surface area contributed by atoms with Crippen molar-refractivity contribution in [2.45, 2.75) is 19.9 Å². The number of nitrogens with one attached hydrogen (secondary N) is 2. The molecule has 4 nitrogen and oxygen atoms in total. The minimum atomic E-state index is -0.175. The fraction of sp³-hybridized carbons (Fsp3) is 0.176. The van der Waals surface area contributed by atoms with Gasteiger partial charge in [-0.1, -0.05) is 29.8 Å². The molecule has 3 rings (SSSR count). The van der Waals surface area contributed by atoms with Crippen LogP contribution in [0.25, 0.3) is 11.0 Å². The topological polar surface area (TPSA) is 57.8 Å². The normalized spacial score (nSPS) is 12.3. The molecule has 1 aromatic heterocycles. The van der Waals surface area contributed by atoms with Gasteiger partial charge in [0.05, 0.1) is 17.1 Å². The second-order valence-corrected chi connectivity index (χ2v) is 5.20. The highest BCUT2D eigenvalue weighted by Crippen LogP contribution is 2.16. The Bertz CT molecular complexity index is 741. The maximum atomic E-state index is 12.2. The molecule has 0 unspecified atom stereocenters. The third kappa shape index (κ3) is 2.79. The number of aromatic nitrogens is 2. The Labute approximate surface area is 123 Å². The van der Waals surface area contributed by atoms with Crippen molar-refractivity contribution in [3.63, 3.8) is 0 Å². The number of carbonyl (C=O) groups is 1. The lowest BCUT2D eigenvalue weighted by molar-refractivity contribution is 0.0938. The minimum Gasteiger partial charge on any atom is -0.342 e. The van der Waals surface area contributed by atoms with Crippen LogP contribution in [-0.4, -0.2) is 15.9 Å². The smallest absolute Gasteiger partial charge is 0.251 e. The van der Waals surface area contributed by atoms with Gasteiger partial charge in [0.25, 0.3) is 5.91 Å². The predicted octanol–water partition coefficient (Wildman–Crippen LogP) is 3.36. The van der Waals surface area contributed by atoms with Gasteiger partial charge in [0, 0.05) is 5.56 Å². The lowest BCUT2D eigenvalue weighted by Crippen LogP contribution is -2.27. The predicted molar refractivity (Wildman–Crippen MR) is 83.2 cm³/mol. The van der Waals surface area contributed by atoms with E-state index < -0.39 is 0 Å². The highest BCUT2D eigenvalue weighted by atomic mass is 16.1. The molecular weight excluding hydrogens is 262 g/mol. The molecule has 2 N–H and O–H groups in total. The summed E-state index contributed by atoms with van der Waals surface area (Å²) in [5.74, 6) is 0.666. The number of imidazole rings is 1. The number of amides is 1. The number of aromatic amines is 1. The lowest BCUT2D eigenvalue weighted by Gasteiger charge is -2.11. The Morgan fingerprint density at radius 3 is 2.57 bits per heavy atom. The molecule has 0 fully saturated rings. The Kier molecular flexibility index (Phi) is 3.44.